The van der Waals surface area contributed by atoms with Gasteiger partial charge in [-0.3, -0.25) is 4.99 Å². The van der Waals surface area contributed by atoms with Crippen LogP contribution < -0.4 is 10.6 Å². The summed E-state index contributed by atoms with van der Waals surface area (Å²) in [7, 11) is 1.83. The number of guanidine groups is 1. The van der Waals surface area contributed by atoms with Crippen molar-refractivity contribution in [3.8, 4) is 0 Å². The van der Waals surface area contributed by atoms with Crippen LogP contribution in [-0.2, 0) is 14.9 Å². The van der Waals surface area contributed by atoms with E-state index in [9.17, 15) is 0 Å². The minimum atomic E-state index is 0.231. The Labute approximate surface area is 157 Å². The average Bonchev–Trinajstić information content (AvgIpc) is 3.37. The molecule has 1 atom stereocenters. The van der Waals surface area contributed by atoms with E-state index in [1.54, 1.807) is 0 Å². The molecular formula is C21H33N3O2. The van der Waals surface area contributed by atoms with Crippen LogP contribution in [0.3, 0.4) is 0 Å². The molecule has 0 aromatic heterocycles. The summed E-state index contributed by atoms with van der Waals surface area (Å²) in [5.41, 5.74) is 1.68. The lowest BCUT2D eigenvalue weighted by atomic mass is 9.79. The lowest BCUT2D eigenvalue weighted by Crippen LogP contribution is -2.45. The zero-order valence-corrected chi connectivity index (χ0v) is 16.0. The van der Waals surface area contributed by atoms with Crippen molar-refractivity contribution < 1.29 is 9.47 Å². The van der Waals surface area contributed by atoms with E-state index >= 15 is 0 Å². The molecule has 2 N–H and O–H groups in total. The van der Waals surface area contributed by atoms with Crippen molar-refractivity contribution in [2.24, 2.45) is 4.99 Å². The second-order valence-corrected chi connectivity index (χ2v) is 7.42. The van der Waals surface area contributed by atoms with Crippen LogP contribution in [0, 0.1) is 0 Å². The van der Waals surface area contributed by atoms with Gasteiger partial charge in [-0.1, -0.05) is 43.2 Å². The highest BCUT2D eigenvalue weighted by molar-refractivity contribution is 5.79. The van der Waals surface area contributed by atoms with E-state index in [1.807, 2.05) is 7.05 Å². The Hall–Kier alpha value is -1.59. The maximum absolute atomic E-state index is 5.71. The summed E-state index contributed by atoms with van der Waals surface area (Å²) < 4.78 is 11.3. The molecule has 26 heavy (non-hydrogen) atoms. The van der Waals surface area contributed by atoms with Gasteiger partial charge in [0, 0.05) is 32.2 Å². The van der Waals surface area contributed by atoms with Crippen LogP contribution in [0.25, 0.3) is 0 Å². The number of rotatable bonds is 8. The fourth-order valence-electron chi connectivity index (χ4n) is 4.12. The molecule has 2 aliphatic rings. The summed E-state index contributed by atoms with van der Waals surface area (Å²) in [4.78, 5) is 4.36. The standard InChI is InChI=1S/C21H33N3O2/c1-22-20(23-13-15-25-16-19-10-7-14-26-19)24-17-21(11-5-6-12-21)18-8-3-2-4-9-18/h2-4,8-9,19H,5-7,10-17H2,1H3,(H2,22,23,24). The minimum absolute atomic E-state index is 0.231. The molecule has 1 aliphatic heterocycles. The third-order valence-corrected chi connectivity index (χ3v) is 5.63. The molecule has 1 saturated carbocycles. The second kappa shape index (κ2) is 9.93. The van der Waals surface area contributed by atoms with Gasteiger partial charge in [-0.25, -0.2) is 0 Å². The molecular weight excluding hydrogens is 326 g/mol. The predicted molar refractivity (Wildman–Crippen MR) is 106 cm³/mol. The molecule has 5 heteroatoms. The molecule has 0 bridgehead atoms. The molecule has 5 nitrogen and oxygen atoms in total. The number of nitrogens with zero attached hydrogens (tertiary/aromatic N) is 1. The van der Waals surface area contributed by atoms with E-state index in [1.165, 1.54) is 31.2 Å². The number of aliphatic imine (C=N–C) groups is 1. The maximum Gasteiger partial charge on any atom is 0.191 e. The van der Waals surface area contributed by atoms with E-state index < -0.39 is 0 Å². The number of hydrogen-bond donors (Lipinski definition) is 2. The lowest BCUT2D eigenvalue weighted by molar-refractivity contribution is 0.0191. The van der Waals surface area contributed by atoms with Crippen molar-refractivity contribution in [3.63, 3.8) is 0 Å². The molecule has 1 heterocycles. The minimum Gasteiger partial charge on any atom is -0.377 e. The molecule has 1 aromatic rings. The monoisotopic (exact) mass is 359 g/mol. The van der Waals surface area contributed by atoms with Crippen LogP contribution in [0.15, 0.2) is 35.3 Å². The van der Waals surface area contributed by atoms with E-state index in [4.69, 9.17) is 9.47 Å². The van der Waals surface area contributed by atoms with Crippen LogP contribution in [-0.4, -0.2) is 52.0 Å². The third-order valence-electron chi connectivity index (χ3n) is 5.63. The Morgan fingerprint density at radius 3 is 2.69 bits per heavy atom. The Bertz CT molecular complexity index is 550. The second-order valence-electron chi connectivity index (χ2n) is 7.42. The van der Waals surface area contributed by atoms with Crippen LogP contribution >= 0.6 is 0 Å². The zero-order chi connectivity index (χ0) is 18.1. The van der Waals surface area contributed by atoms with Gasteiger partial charge in [0.15, 0.2) is 5.96 Å². The zero-order valence-electron chi connectivity index (χ0n) is 16.0. The summed E-state index contributed by atoms with van der Waals surface area (Å²) in [6, 6.07) is 10.9. The Kier molecular flexibility index (Phi) is 7.32. The van der Waals surface area contributed by atoms with Gasteiger partial charge in [0.1, 0.15) is 0 Å². The van der Waals surface area contributed by atoms with Gasteiger partial charge in [0.25, 0.3) is 0 Å². The Morgan fingerprint density at radius 2 is 2.00 bits per heavy atom. The van der Waals surface area contributed by atoms with Crippen LogP contribution in [0.1, 0.15) is 44.1 Å². The molecule has 1 aliphatic carbocycles. The molecule has 0 radical (unpaired) electrons. The molecule has 0 amide bonds. The molecule has 1 unspecified atom stereocenters. The van der Waals surface area contributed by atoms with Gasteiger partial charge in [-0.2, -0.15) is 0 Å². The van der Waals surface area contributed by atoms with Gasteiger partial charge in [0.2, 0.25) is 0 Å². The van der Waals surface area contributed by atoms with E-state index in [-0.39, 0.29) is 5.41 Å². The van der Waals surface area contributed by atoms with Gasteiger partial charge in [-0.15, -0.1) is 0 Å². The van der Waals surface area contributed by atoms with Gasteiger partial charge in [0.05, 0.1) is 19.3 Å². The number of ether oxygens (including phenoxy) is 2. The fraction of sp³-hybridized carbons (Fsp3) is 0.667. The number of nitrogens with one attached hydrogen (secondary N) is 2. The molecule has 0 spiro atoms. The SMILES string of the molecule is CN=C(NCCOCC1CCCO1)NCC1(c2ccccc2)CCCC1. The van der Waals surface area contributed by atoms with Crippen LogP contribution in [0.2, 0.25) is 0 Å². The van der Waals surface area contributed by atoms with Crippen molar-refractivity contribution >= 4 is 5.96 Å². The first kappa shape index (κ1) is 19.2. The highest BCUT2D eigenvalue weighted by atomic mass is 16.5. The highest BCUT2D eigenvalue weighted by Gasteiger charge is 2.35. The van der Waals surface area contributed by atoms with E-state index in [0.717, 1.165) is 38.5 Å². The number of hydrogen-bond acceptors (Lipinski definition) is 3. The topological polar surface area (TPSA) is 54.9 Å². The van der Waals surface area contributed by atoms with Crippen molar-refractivity contribution in [2.45, 2.75) is 50.0 Å². The first-order chi connectivity index (χ1) is 12.8. The normalized spacial score (nSPS) is 22.5. The van der Waals surface area contributed by atoms with Crippen molar-refractivity contribution in [1.29, 1.82) is 0 Å². The molecule has 2 fully saturated rings. The first-order valence-electron chi connectivity index (χ1n) is 10.0. The van der Waals surface area contributed by atoms with Gasteiger partial charge < -0.3 is 20.1 Å². The summed E-state index contributed by atoms with van der Waals surface area (Å²) in [6.07, 6.45) is 7.67. The average molecular weight is 360 g/mol. The Morgan fingerprint density at radius 1 is 1.19 bits per heavy atom. The van der Waals surface area contributed by atoms with Gasteiger partial charge >= 0.3 is 0 Å². The van der Waals surface area contributed by atoms with Crippen molar-refractivity contribution in [2.75, 3.05) is 40.0 Å². The smallest absolute Gasteiger partial charge is 0.191 e. The van der Waals surface area contributed by atoms with Crippen LogP contribution in [0.4, 0.5) is 0 Å². The van der Waals surface area contributed by atoms with Gasteiger partial charge in [-0.05, 0) is 31.2 Å². The maximum atomic E-state index is 5.71. The van der Waals surface area contributed by atoms with E-state index in [0.29, 0.717) is 19.3 Å². The first-order valence-corrected chi connectivity index (χ1v) is 10.0. The fourth-order valence-corrected chi connectivity index (χ4v) is 4.12. The van der Waals surface area contributed by atoms with Crippen LogP contribution in [0.5, 0.6) is 0 Å². The van der Waals surface area contributed by atoms with E-state index in [2.05, 4.69) is 46.0 Å². The molecule has 1 saturated heterocycles. The van der Waals surface area contributed by atoms with Crippen molar-refractivity contribution in [1.82, 2.24) is 10.6 Å². The Balaban J connectivity index is 1.41. The third kappa shape index (κ3) is 5.21. The largest absolute Gasteiger partial charge is 0.377 e. The summed E-state index contributed by atoms with van der Waals surface area (Å²) in [5, 5.41) is 6.90. The molecule has 1 aromatic carbocycles. The summed E-state index contributed by atoms with van der Waals surface area (Å²) in [6.45, 7) is 3.93. The highest BCUT2D eigenvalue weighted by Crippen LogP contribution is 2.40. The molecule has 144 valence electrons. The van der Waals surface area contributed by atoms with Crippen molar-refractivity contribution in [3.05, 3.63) is 35.9 Å². The number of benzene rings is 1. The summed E-state index contributed by atoms with van der Waals surface area (Å²) >= 11 is 0. The lowest BCUT2D eigenvalue weighted by Gasteiger charge is -2.30. The quantitative estimate of drug-likeness (QED) is 0.426. The predicted octanol–water partition coefficient (Wildman–Crippen LogP) is 2.86. The summed E-state index contributed by atoms with van der Waals surface area (Å²) in [5.74, 6) is 0.855. The molecule has 3 rings (SSSR count).